The van der Waals surface area contributed by atoms with E-state index in [0.717, 1.165) is 11.3 Å². The number of benzene rings is 4. The van der Waals surface area contributed by atoms with E-state index in [9.17, 15) is 9.90 Å². The van der Waals surface area contributed by atoms with Gasteiger partial charge in [-0.1, -0.05) is 78.3 Å². The number of aliphatic hydroxyl groups excluding tert-OH is 1. The van der Waals surface area contributed by atoms with Crippen molar-refractivity contribution >= 4 is 35.3 Å². The first-order chi connectivity index (χ1) is 19.6. The van der Waals surface area contributed by atoms with E-state index >= 15 is 0 Å². The summed E-state index contributed by atoms with van der Waals surface area (Å²) < 4.78 is 1.77. The van der Waals surface area contributed by atoms with Crippen LogP contribution < -0.4 is 0 Å². The van der Waals surface area contributed by atoms with Crippen LogP contribution in [0.4, 0.5) is 0 Å². The molecule has 1 N–H and O–H groups in total. The molecule has 0 radical (unpaired) electrons. The van der Waals surface area contributed by atoms with Gasteiger partial charge < -0.3 is 5.11 Å². The lowest BCUT2D eigenvalue weighted by Gasteiger charge is -2.28. The van der Waals surface area contributed by atoms with E-state index in [4.69, 9.17) is 16.7 Å². The molecule has 0 saturated carbocycles. The van der Waals surface area contributed by atoms with Gasteiger partial charge in [-0.25, -0.2) is 4.68 Å². The lowest BCUT2D eigenvalue weighted by molar-refractivity contribution is 0.0880. The maximum Gasteiger partial charge on any atom is 0.264 e. The summed E-state index contributed by atoms with van der Waals surface area (Å²) in [6, 6.07) is 35.2. The molecular formula is C32H22ClN5O2. The van der Waals surface area contributed by atoms with Gasteiger partial charge in [-0.15, -0.1) is 10.2 Å². The number of para-hydroxylation sites is 1. The summed E-state index contributed by atoms with van der Waals surface area (Å²) in [6.45, 7) is 0. The molecule has 0 bridgehead atoms. The summed E-state index contributed by atoms with van der Waals surface area (Å²) in [4.78, 5) is 15.3. The molecule has 7 nitrogen and oxygen atoms in total. The van der Waals surface area contributed by atoms with Crippen LogP contribution in [0.3, 0.4) is 0 Å². The zero-order chi connectivity index (χ0) is 27.5. The average molecular weight is 544 g/mol. The molecule has 1 aromatic heterocycles. The van der Waals surface area contributed by atoms with Crippen molar-refractivity contribution in [1.82, 2.24) is 14.7 Å². The number of hydrogen-bond donors (Lipinski definition) is 1. The number of rotatable bonds is 5. The fraction of sp³-hybridized carbons (Fsp3) is 0. The molecule has 0 aliphatic carbocycles. The highest BCUT2D eigenvalue weighted by molar-refractivity contribution is 6.30. The van der Waals surface area contributed by atoms with Crippen molar-refractivity contribution in [2.75, 3.05) is 0 Å². The van der Waals surface area contributed by atoms with E-state index in [1.165, 1.54) is 4.90 Å². The second-order valence-electron chi connectivity index (χ2n) is 8.97. The molecule has 6 rings (SSSR count). The highest BCUT2D eigenvalue weighted by atomic mass is 35.5. The maximum absolute atomic E-state index is 14.0. The Morgan fingerprint density at radius 3 is 2.05 bits per heavy atom. The third kappa shape index (κ3) is 4.93. The van der Waals surface area contributed by atoms with E-state index in [-0.39, 0.29) is 17.4 Å². The summed E-state index contributed by atoms with van der Waals surface area (Å²) in [6.07, 6.45) is 3.57. The molecule has 0 saturated heterocycles. The first-order valence-corrected chi connectivity index (χ1v) is 12.9. The minimum atomic E-state index is -0.395. The average Bonchev–Trinajstić information content (AvgIpc) is 3.43. The molecule has 0 atom stereocenters. The van der Waals surface area contributed by atoms with Crippen molar-refractivity contribution in [3.05, 3.63) is 149 Å². The van der Waals surface area contributed by atoms with E-state index < -0.39 is 5.90 Å². The molecule has 1 aliphatic rings. The SMILES string of the molecule is O=C(c1ccccc1)N1C(c2ccc(Cl)cc2)=NN=C(O)/C1=C/c1cn(-c2ccccc2)nc1-c1ccccc1. The number of amides is 1. The molecule has 194 valence electrons. The third-order valence-electron chi connectivity index (χ3n) is 6.35. The maximum atomic E-state index is 14.0. The van der Waals surface area contributed by atoms with Gasteiger partial charge in [0, 0.05) is 33.5 Å². The largest absolute Gasteiger partial charge is 0.491 e. The number of carbonyl (C=O) groups excluding carboxylic acids is 1. The van der Waals surface area contributed by atoms with Gasteiger partial charge in [0.2, 0.25) is 0 Å². The second-order valence-corrected chi connectivity index (χ2v) is 9.41. The molecule has 0 fully saturated rings. The zero-order valence-electron chi connectivity index (χ0n) is 21.1. The van der Waals surface area contributed by atoms with E-state index in [1.807, 2.05) is 72.9 Å². The molecule has 0 spiro atoms. The molecule has 1 aliphatic heterocycles. The van der Waals surface area contributed by atoms with Gasteiger partial charge in [0.25, 0.3) is 11.8 Å². The number of aromatic nitrogens is 2. The third-order valence-corrected chi connectivity index (χ3v) is 6.60. The normalized spacial score (nSPS) is 14.1. The van der Waals surface area contributed by atoms with Crippen LogP contribution in [0.2, 0.25) is 5.02 Å². The first kappa shape index (κ1) is 25.0. The van der Waals surface area contributed by atoms with E-state index in [1.54, 1.807) is 59.3 Å². The Hall–Kier alpha value is -5.27. The van der Waals surface area contributed by atoms with Crippen LogP contribution in [0, 0.1) is 0 Å². The Morgan fingerprint density at radius 1 is 0.750 bits per heavy atom. The molecule has 2 heterocycles. The van der Waals surface area contributed by atoms with Gasteiger partial charge in [-0.3, -0.25) is 9.69 Å². The fourth-order valence-electron chi connectivity index (χ4n) is 4.41. The van der Waals surface area contributed by atoms with Gasteiger partial charge >= 0.3 is 0 Å². The number of halogens is 1. The van der Waals surface area contributed by atoms with E-state index in [2.05, 4.69) is 10.2 Å². The lowest BCUT2D eigenvalue weighted by Crippen LogP contribution is -2.41. The summed E-state index contributed by atoms with van der Waals surface area (Å²) in [5.74, 6) is -0.515. The molecule has 8 heteroatoms. The van der Waals surface area contributed by atoms with Crippen LogP contribution in [-0.2, 0) is 0 Å². The quantitative estimate of drug-likeness (QED) is 0.259. The molecule has 5 aromatic rings. The Labute approximate surface area is 235 Å². The summed E-state index contributed by atoms with van der Waals surface area (Å²) in [5, 5.41) is 24.7. The van der Waals surface area contributed by atoms with Gasteiger partial charge in [0.05, 0.1) is 5.69 Å². The predicted molar refractivity (Wildman–Crippen MR) is 158 cm³/mol. The molecule has 4 aromatic carbocycles. The van der Waals surface area contributed by atoms with Crippen molar-refractivity contribution in [1.29, 1.82) is 0 Å². The molecule has 1 amide bonds. The minimum absolute atomic E-state index is 0.165. The highest BCUT2D eigenvalue weighted by Crippen LogP contribution is 2.29. The van der Waals surface area contributed by atoms with Gasteiger partial charge in [0.15, 0.2) is 5.84 Å². The Morgan fingerprint density at radius 2 is 1.38 bits per heavy atom. The number of amidine groups is 1. The van der Waals surface area contributed by atoms with Crippen LogP contribution in [0.5, 0.6) is 0 Å². The molecule has 40 heavy (non-hydrogen) atoms. The second kappa shape index (κ2) is 10.8. The molecular weight excluding hydrogens is 522 g/mol. The zero-order valence-corrected chi connectivity index (χ0v) is 21.8. The Bertz CT molecular complexity index is 1760. The number of aliphatic hydroxyl groups is 1. The summed E-state index contributed by atoms with van der Waals surface area (Å²) in [5.41, 5.74) is 4.29. The number of carbonyl (C=O) groups is 1. The summed E-state index contributed by atoms with van der Waals surface area (Å²) in [7, 11) is 0. The van der Waals surface area contributed by atoms with Crippen LogP contribution in [-0.4, -0.2) is 37.4 Å². The fourth-order valence-corrected chi connectivity index (χ4v) is 4.53. The van der Waals surface area contributed by atoms with Crippen molar-refractivity contribution in [3.63, 3.8) is 0 Å². The smallest absolute Gasteiger partial charge is 0.264 e. The Kier molecular flexibility index (Phi) is 6.78. The number of hydrogen-bond acceptors (Lipinski definition) is 4. The highest BCUT2D eigenvalue weighted by Gasteiger charge is 2.32. The van der Waals surface area contributed by atoms with Gasteiger partial charge in [-0.05, 0) is 54.6 Å². The van der Waals surface area contributed by atoms with Gasteiger partial charge in [-0.2, -0.15) is 5.10 Å². The van der Waals surface area contributed by atoms with Gasteiger partial charge in [0.1, 0.15) is 11.4 Å². The van der Waals surface area contributed by atoms with Crippen molar-refractivity contribution in [2.45, 2.75) is 0 Å². The van der Waals surface area contributed by atoms with Crippen molar-refractivity contribution in [3.8, 4) is 16.9 Å². The number of nitrogens with zero attached hydrogens (tertiary/aromatic N) is 5. The van der Waals surface area contributed by atoms with Crippen LogP contribution >= 0.6 is 11.6 Å². The van der Waals surface area contributed by atoms with Crippen LogP contribution in [0.25, 0.3) is 23.0 Å². The lowest BCUT2D eigenvalue weighted by atomic mass is 10.1. The van der Waals surface area contributed by atoms with Crippen molar-refractivity contribution in [2.24, 2.45) is 10.2 Å². The first-order valence-electron chi connectivity index (χ1n) is 12.5. The monoisotopic (exact) mass is 543 g/mol. The predicted octanol–water partition coefficient (Wildman–Crippen LogP) is 7.01. The van der Waals surface area contributed by atoms with Crippen LogP contribution in [0.1, 0.15) is 21.5 Å². The Balaban J connectivity index is 1.54. The topological polar surface area (TPSA) is 83.1 Å². The molecule has 0 unspecified atom stereocenters. The van der Waals surface area contributed by atoms with E-state index in [0.29, 0.717) is 27.4 Å². The van der Waals surface area contributed by atoms with Crippen LogP contribution in [0.15, 0.2) is 137 Å². The minimum Gasteiger partial charge on any atom is -0.491 e. The standard InChI is InChI=1S/C32H22ClN5O2/c33-26-18-16-23(17-19-26)30-34-35-31(39)28(38(30)32(40)24-12-6-2-7-13-24)20-25-21-37(27-14-8-3-9-15-27)36-29(25)22-10-4-1-5-11-22/h1-21H,(H,35,39)/b28-20-. The summed E-state index contributed by atoms with van der Waals surface area (Å²) >= 11 is 6.12. The van der Waals surface area contributed by atoms with Crippen molar-refractivity contribution < 1.29 is 9.90 Å².